The molecule has 1 aromatic carbocycles. The summed E-state index contributed by atoms with van der Waals surface area (Å²) < 4.78 is 0. The Kier molecular flexibility index (Phi) is 4.93. The molecule has 1 nitrogen and oxygen atoms in total. The van der Waals surface area contributed by atoms with Crippen molar-refractivity contribution in [1.82, 2.24) is 5.32 Å². The van der Waals surface area contributed by atoms with Gasteiger partial charge in [-0.25, -0.2) is 0 Å². The molecule has 1 aliphatic rings. The van der Waals surface area contributed by atoms with Gasteiger partial charge in [-0.3, -0.25) is 0 Å². The summed E-state index contributed by atoms with van der Waals surface area (Å²) in [6.45, 7) is 4.48. The number of thioether (sulfide) groups is 1. The Morgan fingerprint density at radius 3 is 2.59 bits per heavy atom. The molecule has 1 N–H and O–H groups in total. The largest absolute Gasteiger partial charge is 0.306 e. The molecule has 0 aromatic heterocycles. The molecule has 17 heavy (non-hydrogen) atoms. The molecule has 1 fully saturated rings. The lowest BCUT2D eigenvalue weighted by molar-refractivity contribution is 0.451. The smallest absolute Gasteiger partial charge is 0.0320 e. The zero-order valence-electron chi connectivity index (χ0n) is 10.9. The zero-order chi connectivity index (χ0) is 12.1. The molecule has 0 saturated carbocycles. The molecule has 2 atom stereocenters. The summed E-state index contributed by atoms with van der Waals surface area (Å²) in [6, 6.07) is 10.4. The molecule has 2 unspecified atom stereocenters. The van der Waals surface area contributed by atoms with Gasteiger partial charge in [-0.2, -0.15) is 11.8 Å². The van der Waals surface area contributed by atoms with Gasteiger partial charge in [0.05, 0.1) is 0 Å². The topological polar surface area (TPSA) is 12.0 Å². The summed E-state index contributed by atoms with van der Waals surface area (Å²) in [5.74, 6) is 2.60. The van der Waals surface area contributed by atoms with Crippen LogP contribution < -0.4 is 5.32 Å². The second-order valence-corrected chi connectivity index (χ2v) is 5.93. The first kappa shape index (κ1) is 13.0. The van der Waals surface area contributed by atoms with Gasteiger partial charge in [-0.1, -0.05) is 38.1 Å². The van der Waals surface area contributed by atoms with Crippen LogP contribution in [0.15, 0.2) is 24.3 Å². The van der Waals surface area contributed by atoms with Gasteiger partial charge >= 0.3 is 0 Å². The Morgan fingerprint density at radius 2 is 2.06 bits per heavy atom. The van der Waals surface area contributed by atoms with Gasteiger partial charge < -0.3 is 5.32 Å². The van der Waals surface area contributed by atoms with Crippen molar-refractivity contribution in [2.75, 3.05) is 11.5 Å². The van der Waals surface area contributed by atoms with Gasteiger partial charge in [0.15, 0.2) is 0 Å². The van der Waals surface area contributed by atoms with Crippen LogP contribution in [0.2, 0.25) is 0 Å². The molecule has 0 radical (unpaired) electrons. The van der Waals surface area contributed by atoms with Crippen LogP contribution in [0.3, 0.4) is 0 Å². The number of hydrogen-bond acceptors (Lipinski definition) is 2. The van der Waals surface area contributed by atoms with E-state index in [1.807, 2.05) is 0 Å². The maximum absolute atomic E-state index is 3.80. The van der Waals surface area contributed by atoms with E-state index in [9.17, 15) is 0 Å². The SMILES string of the molecule is CCc1ccc(C(CC)NC2CCSC2)cc1. The molecular formula is C15H23NS. The van der Waals surface area contributed by atoms with E-state index in [0.717, 1.165) is 12.5 Å². The molecule has 0 bridgehead atoms. The summed E-state index contributed by atoms with van der Waals surface area (Å²) in [4.78, 5) is 0. The fraction of sp³-hybridized carbons (Fsp3) is 0.600. The van der Waals surface area contributed by atoms with E-state index in [4.69, 9.17) is 0 Å². The number of aryl methyl sites for hydroxylation is 1. The fourth-order valence-electron chi connectivity index (χ4n) is 2.39. The molecule has 2 heteroatoms. The van der Waals surface area contributed by atoms with E-state index in [2.05, 4.69) is 55.2 Å². The molecule has 1 aromatic rings. The Morgan fingerprint density at radius 1 is 1.29 bits per heavy atom. The minimum atomic E-state index is 0.532. The predicted molar refractivity (Wildman–Crippen MR) is 77.7 cm³/mol. The third kappa shape index (κ3) is 3.49. The van der Waals surface area contributed by atoms with Crippen molar-refractivity contribution in [2.45, 2.75) is 45.2 Å². The first-order chi connectivity index (χ1) is 8.33. The predicted octanol–water partition coefficient (Wildman–Crippen LogP) is 3.80. The van der Waals surface area contributed by atoms with Crippen LogP contribution in [0.5, 0.6) is 0 Å². The van der Waals surface area contributed by atoms with Crippen molar-refractivity contribution in [3.05, 3.63) is 35.4 Å². The molecule has 0 spiro atoms. The Bertz CT molecular complexity index is 327. The first-order valence-electron chi connectivity index (χ1n) is 6.76. The molecule has 94 valence electrons. The summed E-state index contributed by atoms with van der Waals surface area (Å²) in [7, 11) is 0. The third-order valence-electron chi connectivity index (χ3n) is 3.57. The highest BCUT2D eigenvalue weighted by molar-refractivity contribution is 7.99. The Balaban J connectivity index is 2.00. The number of rotatable bonds is 5. The van der Waals surface area contributed by atoms with E-state index in [0.29, 0.717) is 6.04 Å². The lowest BCUT2D eigenvalue weighted by atomic mass is 10.0. The Hall–Kier alpha value is -0.470. The fourth-order valence-corrected chi connectivity index (χ4v) is 3.55. The zero-order valence-corrected chi connectivity index (χ0v) is 11.7. The Labute approximate surface area is 109 Å². The van der Waals surface area contributed by atoms with Gasteiger partial charge in [-0.05, 0) is 36.1 Å². The minimum absolute atomic E-state index is 0.532. The highest BCUT2D eigenvalue weighted by Gasteiger charge is 2.19. The molecule has 1 saturated heterocycles. The van der Waals surface area contributed by atoms with Gasteiger partial charge in [0.25, 0.3) is 0 Å². The van der Waals surface area contributed by atoms with Crippen LogP contribution in [0, 0.1) is 0 Å². The van der Waals surface area contributed by atoms with Crippen LogP contribution >= 0.6 is 11.8 Å². The lowest BCUT2D eigenvalue weighted by Gasteiger charge is -2.22. The third-order valence-corrected chi connectivity index (χ3v) is 4.73. The van der Waals surface area contributed by atoms with Gasteiger partial charge in [0.1, 0.15) is 0 Å². The lowest BCUT2D eigenvalue weighted by Crippen LogP contribution is -2.32. The van der Waals surface area contributed by atoms with Gasteiger partial charge in [0, 0.05) is 17.8 Å². The van der Waals surface area contributed by atoms with Gasteiger partial charge in [-0.15, -0.1) is 0 Å². The average molecular weight is 249 g/mol. The molecule has 2 rings (SSSR count). The van der Waals surface area contributed by atoms with Crippen molar-refractivity contribution in [3.8, 4) is 0 Å². The monoisotopic (exact) mass is 249 g/mol. The van der Waals surface area contributed by atoms with Crippen molar-refractivity contribution < 1.29 is 0 Å². The number of nitrogens with one attached hydrogen (secondary N) is 1. The molecule has 0 aliphatic carbocycles. The van der Waals surface area contributed by atoms with E-state index >= 15 is 0 Å². The standard InChI is InChI=1S/C15H23NS/c1-3-12-5-7-13(8-6-12)15(4-2)16-14-9-10-17-11-14/h5-8,14-16H,3-4,9-11H2,1-2H3. The van der Waals surface area contributed by atoms with Crippen LogP contribution in [-0.2, 0) is 6.42 Å². The van der Waals surface area contributed by atoms with Crippen LogP contribution in [0.25, 0.3) is 0 Å². The van der Waals surface area contributed by atoms with Crippen LogP contribution in [0.4, 0.5) is 0 Å². The summed E-state index contributed by atoms with van der Waals surface area (Å²) >= 11 is 2.07. The van der Waals surface area contributed by atoms with Crippen molar-refractivity contribution >= 4 is 11.8 Å². The van der Waals surface area contributed by atoms with Crippen molar-refractivity contribution in [1.29, 1.82) is 0 Å². The maximum atomic E-state index is 3.80. The molecule has 1 aliphatic heterocycles. The minimum Gasteiger partial charge on any atom is -0.306 e. The normalized spacial score (nSPS) is 21.6. The number of benzene rings is 1. The first-order valence-corrected chi connectivity index (χ1v) is 7.91. The second-order valence-electron chi connectivity index (χ2n) is 4.78. The molecule has 0 amide bonds. The molecule has 1 heterocycles. The maximum Gasteiger partial charge on any atom is 0.0320 e. The summed E-state index contributed by atoms with van der Waals surface area (Å²) in [5, 5.41) is 3.80. The van der Waals surface area contributed by atoms with E-state index < -0.39 is 0 Å². The van der Waals surface area contributed by atoms with Gasteiger partial charge in [0.2, 0.25) is 0 Å². The average Bonchev–Trinajstić information content (AvgIpc) is 2.89. The summed E-state index contributed by atoms with van der Waals surface area (Å²) in [5.41, 5.74) is 2.88. The molecular weight excluding hydrogens is 226 g/mol. The highest BCUT2D eigenvalue weighted by atomic mass is 32.2. The van der Waals surface area contributed by atoms with Crippen molar-refractivity contribution in [3.63, 3.8) is 0 Å². The van der Waals surface area contributed by atoms with E-state index in [1.54, 1.807) is 0 Å². The number of hydrogen-bond donors (Lipinski definition) is 1. The quantitative estimate of drug-likeness (QED) is 0.852. The van der Waals surface area contributed by atoms with E-state index in [1.165, 1.54) is 35.5 Å². The van der Waals surface area contributed by atoms with Crippen molar-refractivity contribution in [2.24, 2.45) is 0 Å². The van der Waals surface area contributed by atoms with Crippen LogP contribution in [0.1, 0.15) is 43.9 Å². The second kappa shape index (κ2) is 6.46. The van der Waals surface area contributed by atoms with Crippen LogP contribution in [-0.4, -0.2) is 17.5 Å². The summed E-state index contributed by atoms with van der Waals surface area (Å²) in [6.07, 6.45) is 3.63. The van der Waals surface area contributed by atoms with E-state index in [-0.39, 0.29) is 0 Å². The highest BCUT2D eigenvalue weighted by Crippen LogP contribution is 2.23.